The molecule has 0 saturated carbocycles. The molecular formula is C26H30N2O2. The van der Waals surface area contributed by atoms with E-state index < -0.39 is 0 Å². The Hall–Kier alpha value is -2.85. The van der Waals surface area contributed by atoms with Crippen LogP contribution < -0.4 is 9.47 Å². The molecule has 1 saturated heterocycles. The maximum Gasteiger partial charge on any atom is 0.161 e. The highest BCUT2D eigenvalue weighted by atomic mass is 16.6. The number of ether oxygens (including phenoxy) is 2. The fourth-order valence-corrected chi connectivity index (χ4v) is 4.34. The normalized spacial score (nSPS) is 19.4. The molecule has 2 aliphatic rings. The minimum Gasteiger partial charge on any atom is -0.486 e. The zero-order chi connectivity index (χ0) is 20.9. The summed E-state index contributed by atoms with van der Waals surface area (Å²) in [6.07, 6.45) is 8.38. The van der Waals surface area contributed by atoms with Crippen molar-refractivity contribution in [2.24, 2.45) is 4.99 Å². The van der Waals surface area contributed by atoms with Crippen LogP contribution in [0.5, 0.6) is 11.5 Å². The number of likely N-dealkylation sites (tertiary alicyclic amines) is 1. The number of hydrogen-bond acceptors (Lipinski definition) is 4. The summed E-state index contributed by atoms with van der Waals surface area (Å²) >= 11 is 0. The first-order valence-corrected chi connectivity index (χ1v) is 10.7. The summed E-state index contributed by atoms with van der Waals surface area (Å²) in [6, 6.07) is 13.4. The molecule has 156 valence electrons. The van der Waals surface area contributed by atoms with E-state index >= 15 is 0 Å². The largest absolute Gasteiger partial charge is 0.486 e. The topological polar surface area (TPSA) is 34.1 Å². The molecule has 0 unspecified atom stereocenters. The van der Waals surface area contributed by atoms with E-state index in [9.17, 15) is 0 Å². The third-order valence-electron chi connectivity index (χ3n) is 5.94. The van der Waals surface area contributed by atoms with E-state index in [4.69, 9.17) is 9.47 Å². The summed E-state index contributed by atoms with van der Waals surface area (Å²) in [6.45, 7) is 11.2. The first-order valence-electron chi connectivity index (χ1n) is 10.7. The van der Waals surface area contributed by atoms with Gasteiger partial charge in [-0.1, -0.05) is 30.4 Å². The summed E-state index contributed by atoms with van der Waals surface area (Å²) in [5, 5.41) is 0. The van der Waals surface area contributed by atoms with Crippen molar-refractivity contribution in [1.29, 1.82) is 0 Å². The van der Waals surface area contributed by atoms with Crippen molar-refractivity contribution in [3.8, 4) is 11.5 Å². The molecule has 2 heterocycles. The van der Waals surface area contributed by atoms with Gasteiger partial charge in [0.2, 0.25) is 0 Å². The third-order valence-corrected chi connectivity index (χ3v) is 5.94. The predicted molar refractivity (Wildman–Crippen MR) is 123 cm³/mol. The van der Waals surface area contributed by atoms with Crippen LogP contribution in [0.2, 0.25) is 0 Å². The van der Waals surface area contributed by atoms with E-state index in [2.05, 4.69) is 59.9 Å². The molecular weight excluding hydrogens is 372 g/mol. The van der Waals surface area contributed by atoms with E-state index in [0.29, 0.717) is 19.3 Å². The van der Waals surface area contributed by atoms with Crippen molar-refractivity contribution in [3.63, 3.8) is 0 Å². The number of aryl methyl sites for hydroxylation is 1. The lowest BCUT2D eigenvalue weighted by atomic mass is 10.0. The second-order valence-electron chi connectivity index (χ2n) is 7.91. The van der Waals surface area contributed by atoms with E-state index in [1.54, 1.807) is 0 Å². The van der Waals surface area contributed by atoms with Gasteiger partial charge in [-0.25, -0.2) is 0 Å². The van der Waals surface area contributed by atoms with Gasteiger partial charge >= 0.3 is 0 Å². The highest BCUT2D eigenvalue weighted by Crippen LogP contribution is 2.39. The van der Waals surface area contributed by atoms with Gasteiger partial charge in [0.25, 0.3) is 0 Å². The molecule has 2 aromatic rings. The van der Waals surface area contributed by atoms with E-state index in [0.717, 1.165) is 35.8 Å². The fraction of sp³-hybridized carbons (Fsp3) is 0.346. The minimum absolute atomic E-state index is 0.417. The number of allylic oxidation sites excluding steroid dienone is 3. The smallest absolute Gasteiger partial charge is 0.161 e. The van der Waals surface area contributed by atoms with E-state index in [-0.39, 0.29) is 0 Å². The molecule has 0 bridgehead atoms. The van der Waals surface area contributed by atoms with Crippen LogP contribution in [0.3, 0.4) is 0 Å². The quantitative estimate of drug-likeness (QED) is 0.458. The minimum atomic E-state index is 0.417. The first kappa shape index (κ1) is 20.4. The van der Waals surface area contributed by atoms with Gasteiger partial charge in [0.15, 0.2) is 11.5 Å². The van der Waals surface area contributed by atoms with Gasteiger partial charge in [-0.15, -0.1) is 0 Å². The second kappa shape index (κ2) is 9.31. The predicted octanol–water partition coefficient (Wildman–Crippen LogP) is 5.72. The molecule has 0 amide bonds. The van der Waals surface area contributed by atoms with Gasteiger partial charge in [-0.05, 0) is 80.9 Å². The Morgan fingerprint density at radius 3 is 2.77 bits per heavy atom. The van der Waals surface area contributed by atoms with Gasteiger partial charge in [-0.3, -0.25) is 9.89 Å². The van der Waals surface area contributed by atoms with Gasteiger partial charge in [0.1, 0.15) is 13.2 Å². The van der Waals surface area contributed by atoms with Crippen molar-refractivity contribution < 1.29 is 9.47 Å². The van der Waals surface area contributed by atoms with Gasteiger partial charge in [0, 0.05) is 18.2 Å². The van der Waals surface area contributed by atoms with Crippen LogP contribution >= 0.6 is 0 Å². The SMILES string of the molecule is C=N/C(=C\C=C/C)c1ccc(CN2CCC[C@@H]2c2ccc3c(c2)OCCO3)c(C)c1. The van der Waals surface area contributed by atoms with Crippen LogP contribution in [0.25, 0.3) is 5.70 Å². The number of hydrogen-bond donors (Lipinski definition) is 0. The van der Waals surface area contributed by atoms with Crippen molar-refractivity contribution in [1.82, 2.24) is 4.90 Å². The monoisotopic (exact) mass is 402 g/mol. The molecule has 0 aromatic heterocycles. The molecule has 1 fully saturated rings. The first-order chi connectivity index (χ1) is 14.7. The molecule has 2 aliphatic heterocycles. The fourth-order valence-electron chi connectivity index (χ4n) is 4.34. The molecule has 30 heavy (non-hydrogen) atoms. The summed E-state index contributed by atoms with van der Waals surface area (Å²) in [7, 11) is 0. The maximum absolute atomic E-state index is 5.80. The molecule has 0 radical (unpaired) electrons. The number of rotatable bonds is 6. The molecule has 0 spiro atoms. The zero-order valence-electron chi connectivity index (χ0n) is 17.9. The average Bonchev–Trinajstić information content (AvgIpc) is 3.24. The molecule has 0 N–H and O–H groups in total. The van der Waals surface area contributed by atoms with Gasteiger partial charge in [-0.2, -0.15) is 0 Å². The average molecular weight is 403 g/mol. The van der Waals surface area contributed by atoms with Crippen LogP contribution in [-0.4, -0.2) is 31.4 Å². The van der Waals surface area contributed by atoms with Crippen LogP contribution in [0.4, 0.5) is 0 Å². The van der Waals surface area contributed by atoms with Crippen LogP contribution in [0, 0.1) is 6.92 Å². The Morgan fingerprint density at radius 2 is 2.00 bits per heavy atom. The lowest BCUT2D eigenvalue weighted by molar-refractivity contribution is 0.170. The van der Waals surface area contributed by atoms with Gasteiger partial charge < -0.3 is 9.47 Å². The van der Waals surface area contributed by atoms with Crippen LogP contribution in [0.1, 0.15) is 48.1 Å². The Balaban J connectivity index is 1.53. The molecule has 0 aliphatic carbocycles. The van der Waals surface area contributed by atoms with Crippen molar-refractivity contribution >= 4 is 12.4 Å². The Bertz CT molecular complexity index is 977. The summed E-state index contributed by atoms with van der Waals surface area (Å²) < 4.78 is 11.5. The second-order valence-corrected chi connectivity index (χ2v) is 7.91. The highest BCUT2D eigenvalue weighted by molar-refractivity contribution is 5.70. The van der Waals surface area contributed by atoms with Crippen molar-refractivity contribution in [3.05, 3.63) is 76.9 Å². The third kappa shape index (κ3) is 4.34. The number of nitrogens with zero attached hydrogens (tertiary/aromatic N) is 2. The van der Waals surface area contributed by atoms with Crippen molar-refractivity contribution in [2.45, 2.75) is 39.3 Å². The zero-order valence-corrected chi connectivity index (χ0v) is 17.9. The summed E-state index contributed by atoms with van der Waals surface area (Å²) in [4.78, 5) is 6.76. The summed E-state index contributed by atoms with van der Waals surface area (Å²) in [5.41, 5.74) is 5.97. The van der Waals surface area contributed by atoms with Crippen LogP contribution in [0.15, 0.2) is 59.6 Å². The lowest BCUT2D eigenvalue weighted by Gasteiger charge is -2.27. The Morgan fingerprint density at radius 1 is 1.17 bits per heavy atom. The number of benzene rings is 2. The van der Waals surface area contributed by atoms with Crippen LogP contribution in [-0.2, 0) is 6.54 Å². The highest BCUT2D eigenvalue weighted by Gasteiger charge is 2.27. The van der Waals surface area contributed by atoms with Gasteiger partial charge in [0.05, 0.1) is 5.70 Å². The molecule has 2 aromatic carbocycles. The molecule has 1 atom stereocenters. The number of aliphatic imine (C=N–C) groups is 1. The lowest BCUT2D eigenvalue weighted by Crippen LogP contribution is -2.23. The molecule has 4 nitrogen and oxygen atoms in total. The van der Waals surface area contributed by atoms with Crippen molar-refractivity contribution in [2.75, 3.05) is 19.8 Å². The standard InChI is InChI=1S/C26H30N2O2/c1-4-5-7-23(27-3)20-9-10-22(19(2)16-20)18-28-13-6-8-24(28)21-11-12-25-26(17-21)30-15-14-29-25/h4-5,7,9-12,16-17,24H,3,6,8,13-15,18H2,1-2H3/b5-4-,23-7-/t24-/m1/s1. The Labute approximate surface area is 179 Å². The number of fused-ring (bicyclic) bond motifs is 1. The molecule has 4 rings (SSSR count). The maximum atomic E-state index is 5.80. The molecule has 4 heteroatoms. The Kier molecular flexibility index (Phi) is 6.34. The van der Waals surface area contributed by atoms with E-state index in [1.165, 1.54) is 29.5 Å². The van der Waals surface area contributed by atoms with E-state index in [1.807, 2.05) is 25.2 Å². The summed E-state index contributed by atoms with van der Waals surface area (Å²) in [5.74, 6) is 1.74.